The number of halogens is 1. The first kappa shape index (κ1) is 18.4. The smallest absolute Gasteiger partial charge is 0.276 e. The van der Waals surface area contributed by atoms with Gasteiger partial charge in [-0.2, -0.15) is 0 Å². The zero-order chi connectivity index (χ0) is 16.4. The molecule has 2 atom stereocenters. The van der Waals surface area contributed by atoms with Gasteiger partial charge in [-0.15, -0.1) is 17.5 Å². The summed E-state index contributed by atoms with van der Waals surface area (Å²) in [5.41, 5.74) is 7.95. The Balaban J connectivity index is 0.00000208. The van der Waals surface area contributed by atoms with Crippen LogP contribution in [0, 0.1) is 12.8 Å². The number of nitrogens with zero attached hydrogens (tertiary/aromatic N) is 4. The molecule has 130 valence electrons. The van der Waals surface area contributed by atoms with Crippen molar-refractivity contribution >= 4 is 18.3 Å². The van der Waals surface area contributed by atoms with Crippen LogP contribution >= 0.6 is 12.4 Å². The standard InChI is InChI=1S/C17H23N5O.ClH/c1-12-8-9-21(15(10-12)11-18)17(23)16-13(2)22(20-19-16)14-6-4-3-5-7-14;/h3-7,12,15H,8-11,18H2,1-2H3;1H. The van der Waals surface area contributed by atoms with Crippen LogP contribution in [0.3, 0.4) is 0 Å². The second kappa shape index (κ2) is 7.77. The molecule has 2 N–H and O–H groups in total. The van der Waals surface area contributed by atoms with E-state index < -0.39 is 0 Å². The fourth-order valence-corrected chi connectivity index (χ4v) is 3.22. The third-order valence-electron chi connectivity index (χ3n) is 4.61. The molecule has 7 heteroatoms. The summed E-state index contributed by atoms with van der Waals surface area (Å²) in [7, 11) is 0. The van der Waals surface area contributed by atoms with Gasteiger partial charge in [0.25, 0.3) is 5.91 Å². The number of amides is 1. The third-order valence-corrected chi connectivity index (χ3v) is 4.61. The highest BCUT2D eigenvalue weighted by atomic mass is 35.5. The number of rotatable bonds is 3. The van der Waals surface area contributed by atoms with E-state index in [0.29, 0.717) is 18.2 Å². The van der Waals surface area contributed by atoms with E-state index in [-0.39, 0.29) is 24.4 Å². The summed E-state index contributed by atoms with van der Waals surface area (Å²) < 4.78 is 1.71. The molecule has 1 aliphatic rings. The van der Waals surface area contributed by atoms with E-state index in [1.54, 1.807) is 4.68 Å². The molecule has 1 amide bonds. The number of benzene rings is 1. The van der Waals surface area contributed by atoms with Crippen molar-refractivity contribution in [3.8, 4) is 5.69 Å². The minimum absolute atomic E-state index is 0. The van der Waals surface area contributed by atoms with E-state index in [4.69, 9.17) is 5.73 Å². The van der Waals surface area contributed by atoms with Crippen LogP contribution in [0.2, 0.25) is 0 Å². The van der Waals surface area contributed by atoms with Crippen LogP contribution in [0.15, 0.2) is 30.3 Å². The second-order valence-electron chi connectivity index (χ2n) is 6.29. The zero-order valence-electron chi connectivity index (χ0n) is 14.1. The number of hydrogen-bond acceptors (Lipinski definition) is 4. The SMILES string of the molecule is Cc1c(C(=O)N2CCC(C)CC2CN)nnn1-c1ccccc1.Cl. The number of likely N-dealkylation sites (tertiary alicyclic amines) is 1. The highest BCUT2D eigenvalue weighted by Gasteiger charge is 2.32. The minimum atomic E-state index is -0.0629. The Hall–Kier alpha value is -1.92. The van der Waals surface area contributed by atoms with Gasteiger partial charge in [0.05, 0.1) is 11.4 Å². The molecule has 0 radical (unpaired) electrons. The van der Waals surface area contributed by atoms with E-state index >= 15 is 0 Å². The Bertz CT molecular complexity index is 688. The highest BCUT2D eigenvalue weighted by molar-refractivity contribution is 5.93. The van der Waals surface area contributed by atoms with Crippen molar-refractivity contribution in [2.24, 2.45) is 11.7 Å². The average molecular weight is 350 g/mol. The van der Waals surface area contributed by atoms with E-state index in [0.717, 1.165) is 30.8 Å². The average Bonchev–Trinajstić information content (AvgIpc) is 2.96. The maximum Gasteiger partial charge on any atom is 0.276 e. The number of piperidine rings is 1. The number of carbonyl (C=O) groups excluding carboxylic acids is 1. The summed E-state index contributed by atoms with van der Waals surface area (Å²) in [5.74, 6) is 0.542. The normalized spacial score (nSPS) is 20.5. The Labute approximate surface area is 148 Å². The Morgan fingerprint density at radius 3 is 2.71 bits per heavy atom. The van der Waals surface area contributed by atoms with Gasteiger partial charge < -0.3 is 10.6 Å². The summed E-state index contributed by atoms with van der Waals surface area (Å²) in [5, 5.41) is 8.29. The molecule has 3 rings (SSSR count). The maximum absolute atomic E-state index is 12.9. The molecule has 2 heterocycles. The number of hydrogen-bond donors (Lipinski definition) is 1. The van der Waals surface area contributed by atoms with Crippen molar-refractivity contribution < 1.29 is 4.79 Å². The predicted molar refractivity (Wildman–Crippen MR) is 95.6 cm³/mol. The van der Waals surface area contributed by atoms with Crippen LogP contribution in [-0.2, 0) is 0 Å². The van der Waals surface area contributed by atoms with E-state index in [1.165, 1.54) is 0 Å². The van der Waals surface area contributed by atoms with Crippen molar-refractivity contribution in [3.63, 3.8) is 0 Å². The van der Waals surface area contributed by atoms with Crippen molar-refractivity contribution in [1.29, 1.82) is 0 Å². The minimum Gasteiger partial charge on any atom is -0.333 e. The van der Waals surface area contributed by atoms with Crippen LogP contribution in [0.1, 0.15) is 35.9 Å². The molecule has 2 aromatic rings. The fraction of sp³-hybridized carbons (Fsp3) is 0.471. The molecule has 2 unspecified atom stereocenters. The van der Waals surface area contributed by atoms with Gasteiger partial charge in [-0.1, -0.05) is 30.3 Å². The molecule has 1 saturated heterocycles. The fourth-order valence-electron chi connectivity index (χ4n) is 3.22. The molecule has 0 spiro atoms. The van der Waals surface area contributed by atoms with Crippen LogP contribution < -0.4 is 5.73 Å². The van der Waals surface area contributed by atoms with E-state index in [1.807, 2.05) is 42.2 Å². The van der Waals surface area contributed by atoms with Crippen molar-refractivity contribution in [1.82, 2.24) is 19.9 Å². The molecular formula is C17H24ClN5O. The van der Waals surface area contributed by atoms with Gasteiger partial charge in [0.2, 0.25) is 0 Å². The Morgan fingerprint density at radius 1 is 1.33 bits per heavy atom. The van der Waals surface area contributed by atoms with Crippen LogP contribution in [-0.4, -0.2) is 44.9 Å². The summed E-state index contributed by atoms with van der Waals surface area (Å²) in [6.45, 7) is 5.31. The summed E-state index contributed by atoms with van der Waals surface area (Å²) in [4.78, 5) is 14.8. The van der Waals surface area contributed by atoms with Crippen LogP contribution in [0.25, 0.3) is 5.69 Å². The number of carbonyl (C=O) groups is 1. The van der Waals surface area contributed by atoms with Gasteiger partial charge in [-0.3, -0.25) is 4.79 Å². The van der Waals surface area contributed by atoms with Gasteiger partial charge in [0.15, 0.2) is 5.69 Å². The van der Waals surface area contributed by atoms with Gasteiger partial charge in [0, 0.05) is 19.1 Å². The lowest BCUT2D eigenvalue weighted by Crippen LogP contribution is -2.49. The second-order valence-corrected chi connectivity index (χ2v) is 6.29. The lowest BCUT2D eigenvalue weighted by Gasteiger charge is -2.37. The summed E-state index contributed by atoms with van der Waals surface area (Å²) in [6.07, 6.45) is 1.96. The van der Waals surface area contributed by atoms with Crippen molar-refractivity contribution in [2.75, 3.05) is 13.1 Å². The first-order chi connectivity index (χ1) is 11.1. The molecular weight excluding hydrogens is 326 g/mol. The Kier molecular flexibility index (Phi) is 5.96. The molecule has 6 nitrogen and oxygen atoms in total. The number of para-hydroxylation sites is 1. The third kappa shape index (κ3) is 3.44. The number of nitrogens with two attached hydrogens (primary N) is 1. The van der Waals surface area contributed by atoms with Crippen molar-refractivity contribution in [3.05, 3.63) is 41.7 Å². The predicted octanol–water partition coefficient (Wildman–Crippen LogP) is 2.20. The largest absolute Gasteiger partial charge is 0.333 e. The lowest BCUT2D eigenvalue weighted by molar-refractivity contribution is 0.0566. The zero-order valence-corrected chi connectivity index (χ0v) is 14.9. The maximum atomic E-state index is 12.9. The molecule has 0 aliphatic carbocycles. The quantitative estimate of drug-likeness (QED) is 0.921. The van der Waals surface area contributed by atoms with E-state index in [2.05, 4.69) is 17.2 Å². The summed E-state index contributed by atoms with van der Waals surface area (Å²) in [6, 6.07) is 9.81. The molecule has 1 aromatic heterocycles. The van der Waals surface area contributed by atoms with Gasteiger partial charge in [0.1, 0.15) is 0 Å². The number of aromatic nitrogens is 3. The first-order valence-electron chi connectivity index (χ1n) is 8.10. The molecule has 1 aliphatic heterocycles. The first-order valence-corrected chi connectivity index (χ1v) is 8.10. The topological polar surface area (TPSA) is 77.0 Å². The molecule has 1 aromatic carbocycles. The van der Waals surface area contributed by atoms with Crippen molar-refractivity contribution in [2.45, 2.75) is 32.7 Å². The van der Waals surface area contributed by atoms with E-state index in [9.17, 15) is 4.79 Å². The molecule has 24 heavy (non-hydrogen) atoms. The molecule has 0 bridgehead atoms. The van der Waals surface area contributed by atoms with Gasteiger partial charge in [-0.25, -0.2) is 4.68 Å². The van der Waals surface area contributed by atoms with Crippen LogP contribution in [0.4, 0.5) is 0 Å². The van der Waals surface area contributed by atoms with Crippen LogP contribution in [0.5, 0.6) is 0 Å². The lowest BCUT2D eigenvalue weighted by atomic mass is 9.92. The Morgan fingerprint density at radius 2 is 2.04 bits per heavy atom. The molecule has 0 saturated carbocycles. The highest BCUT2D eigenvalue weighted by Crippen LogP contribution is 2.24. The van der Waals surface area contributed by atoms with Gasteiger partial charge >= 0.3 is 0 Å². The monoisotopic (exact) mass is 349 g/mol. The summed E-state index contributed by atoms with van der Waals surface area (Å²) >= 11 is 0. The molecule has 1 fully saturated rings. The van der Waals surface area contributed by atoms with Gasteiger partial charge in [-0.05, 0) is 37.8 Å².